The number of halogens is 3. The molecule has 37 heavy (non-hydrogen) atoms. The molecule has 0 atom stereocenters. The number of benzene rings is 2. The van der Waals surface area contributed by atoms with Gasteiger partial charge in [0.1, 0.15) is 18.2 Å². The summed E-state index contributed by atoms with van der Waals surface area (Å²) in [6.45, 7) is 5.05. The van der Waals surface area contributed by atoms with Crippen LogP contribution in [0.1, 0.15) is 19.4 Å². The predicted molar refractivity (Wildman–Crippen MR) is 131 cm³/mol. The van der Waals surface area contributed by atoms with E-state index in [1.807, 2.05) is 31.2 Å². The molecule has 2 heterocycles. The number of H-pyrrole nitrogens is 1. The molecule has 0 spiro atoms. The summed E-state index contributed by atoms with van der Waals surface area (Å²) in [6, 6.07) is 15.1. The molecule has 0 saturated carbocycles. The minimum atomic E-state index is -4.80. The lowest BCUT2D eigenvalue weighted by atomic mass is 9.95. The molecule has 4 rings (SSSR count). The number of rotatable bonds is 8. The molecule has 0 fully saturated rings. The number of alkyl halides is 3. The second-order valence-electron chi connectivity index (χ2n) is 9.08. The topological polar surface area (TPSA) is 97.3 Å². The third kappa shape index (κ3) is 6.08. The number of hydrogen-bond acceptors (Lipinski definition) is 5. The second kappa shape index (κ2) is 9.96. The molecule has 0 amide bonds. The van der Waals surface area contributed by atoms with Crippen LogP contribution in [0, 0.1) is 12.3 Å². The quantitative estimate of drug-likeness (QED) is 0.280. The number of aryl methyl sites for hydroxylation is 1. The molecule has 0 radical (unpaired) electrons. The SMILES string of the molecule is Cc1cc(OCC(C)(C)C(=O)O)ncc1-c1ccc(-c2ncc(-c3ccccc3OC(F)(F)F)[nH]2)cc1. The standard InChI is InChI=1S/C27H24F3N3O4/c1-16-12-23(36-15-26(2,3)25(34)35)31-13-20(16)17-8-10-18(11-9-17)24-32-14-21(33-24)19-6-4-5-7-22(19)37-27(28,29)30/h4-14H,15H2,1-3H3,(H,32,33)(H,34,35). The Labute approximate surface area is 210 Å². The van der Waals surface area contributed by atoms with Crippen molar-refractivity contribution >= 4 is 5.97 Å². The fourth-order valence-electron chi connectivity index (χ4n) is 3.54. The van der Waals surface area contributed by atoms with Gasteiger partial charge in [0.2, 0.25) is 5.88 Å². The summed E-state index contributed by atoms with van der Waals surface area (Å²) >= 11 is 0. The minimum Gasteiger partial charge on any atom is -0.481 e. The fourth-order valence-corrected chi connectivity index (χ4v) is 3.54. The second-order valence-corrected chi connectivity index (χ2v) is 9.08. The van der Waals surface area contributed by atoms with E-state index in [9.17, 15) is 23.1 Å². The van der Waals surface area contributed by atoms with Gasteiger partial charge in [0.05, 0.1) is 17.3 Å². The number of aromatic amines is 1. The lowest BCUT2D eigenvalue weighted by molar-refractivity contribution is -0.274. The highest BCUT2D eigenvalue weighted by atomic mass is 19.4. The van der Waals surface area contributed by atoms with Crippen LogP contribution in [0.4, 0.5) is 13.2 Å². The number of carboxylic acid groups (broad SMARTS) is 1. The number of aromatic nitrogens is 3. The van der Waals surface area contributed by atoms with Gasteiger partial charge in [0.15, 0.2) is 0 Å². The molecule has 0 aliphatic carbocycles. The average Bonchev–Trinajstić information content (AvgIpc) is 3.32. The number of imidazole rings is 1. The van der Waals surface area contributed by atoms with E-state index in [0.29, 0.717) is 17.4 Å². The first-order chi connectivity index (χ1) is 17.4. The maximum atomic E-state index is 12.8. The monoisotopic (exact) mass is 511 g/mol. The zero-order chi connectivity index (χ0) is 26.8. The van der Waals surface area contributed by atoms with Crippen LogP contribution in [0.25, 0.3) is 33.8 Å². The summed E-state index contributed by atoms with van der Waals surface area (Å²) in [6.07, 6.45) is -1.68. The zero-order valence-electron chi connectivity index (χ0n) is 20.3. The van der Waals surface area contributed by atoms with Gasteiger partial charge in [-0.2, -0.15) is 0 Å². The maximum absolute atomic E-state index is 12.8. The van der Waals surface area contributed by atoms with Crippen molar-refractivity contribution in [2.45, 2.75) is 27.1 Å². The van der Waals surface area contributed by atoms with Gasteiger partial charge in [0.25, 0.3) is 0 Å². The summed E-state index contributed by atoms with van der Waals surface area (Å²) in [5.74, 6) is -0.445. The van der Waals surface area contributed by atoms with Crippen molar-refractivity contribution in [1.29, 1.82) is 0 Å². The number of nitrogens with one attached hydrogen (secondary N) is 1. The van der Waals surface area contributed by atoms with E-state index in [4.69, 9.17) is 4.74 Å². The molecule has 192 valence electrons. The van der Waals surface area contributed by atoms with Crippen LogP contribution < -0.4 is 9.47 Å². The van der Waals surface area contributed by atoms with Crippen molar-refractivity contribution in [1.82, 2.24) is 15.0 Å². The molecule has 2 aromatic carbocycles. The Morgan fingerprint density at radius 3 is 2.30 bits per heavy atom. The van der Waals surface area contributed by atoms with Crippen LogP contribution in [-0.4, -0.2) is 39.0 Å². The van der Waals surface area contributed by atoms with Gasteiger partial charge < -0.3 is 19.6 Å². The van der Waals surface area contributed by atoms with Crippen LogP contribution in [0.2, 0.25) is 0 Å². The van der Waals surface area contributed by atoms with Crippen molar-refractivity contribution in [3.63, 3.8) is 0 Å². The largest absolute Gasteiger partial charge is 0.573 e. The molecule has 0 bridgehead atoms. The van der Waals surface area contributed by atoms with Gasteiger partial charge in [0, 0.05) is 29.0 Å². The van der Waals surface area contributed by atoms with Crippen molar-refractivity contribution in [2.75, 3.05) is 6.61 Å². The molecule has 7 nitrogen and oxygen atoms in total. The van der Waals surface area contributed by atoms with Gasteiger partial charge in [-0.3, -0.25) is 4.79 Å². The molecule has 10 heteroatoms. The fraction of sp³-hybridized carbons (Fsp3) is 0.222. The normalized spacial score (nSPS) is 11.8. The molecule has 0 aliphatic rings. The third-order valence-electron chi connectivity index (χ3n) is 5.69. The lowest BCUT2D eigenvalue weighted by Gasteiger charge is -2.19. The van der Waals surface area contributed by atoms with Crippen LogP contribution in [-0.2, 0) is 4.79 Å². The lowest BCUT2D eigenvalue weighted by Crippen LogP contribution is -2.30. The average molecular weight is 512 g/mol. The van der Waals surface area contributed by atoms with Gasteiger partial charge >= 0.3 is 12.3 Å². The van der Waals surface area contributed by atoms with E-state index in [1.165, 1.54) is 24.4 Å². The molecule has 0 unspecified atom stereocenters. The maximum Gasteiger partial charge on any atom is 0.573 e. The van der Waals surface area contributed by atoms with Crippen LogP contribution in [0.3, 0.4) is 0 Å². The zero-order valence-corrected chi connectivity index (χ0v) is 20.3. The number of carboxylic acids is 1. The van der Waals surface area contributed by atoms with Gasteiger partial charge in [-0.05, 0) is 44.0 Å². The predicted octanol–water partition coefficient (Wildman–Crippen LogP) is 6.50. The summed E-state index contributed by atoms with van der Waals surface area (Å²) in [7, 11) is 0. The van der Waals surface area contributed by atoms with Crippen molar-refractivity contribution < 1.29 is 32.5 Å². The van der Waals surface area contributed by atoms with E-state index in [1.54, 1.807) is 32.2 Å². The number of para-hydroxylation sites is 1. The number of ether oxygens (including phenoxy) is 2. The Kier molecular flexibility index (Phi) is 6.93. The molecular formula is C27H24F3N3O4. The Bertz CT molecular complexity index is 1410. The van der Waals surface area contributed by atoms with E-state index < -0.39 is 17.7 Å². The summed E-state index contributed by atoms with van der Waals surface area (Å²) in [5, 5.41) is 9.23. The number of aliphatic carboxylic acids is 1. The summed E-state index contributed by atoms with van der Waals surface area (Å²) < 4.78 is 48.0. The summed E-state index contributed by atoms with van der Waals surface area (Å²) in [5.41, 5.74) is 2.99. The number of carbonyl (C=O) groups is 1. The summed E-state index contributed by atoms with van der Waals surface area (Å²) in [4.78, 5) is 22.9. The van der Waals surface area contributed by atoms with Crippen LogP contribution in [0.5, 0.6) is 11.6 Å². The first-order valence-corrected chi connectivity index (χ1v) is 11.3. The molecular weight excluding hydrogens is 487 g/mol. The Balaban J connectivity index is 1.51. The molecule has 4 aromatic rings. The number of hydrogen-bond donors (Lipinski definition) is 2. The number of nitrogens with zero attached hydrogens (tertiary/aromatic N) is 2. The van der Waals surface area contributed by atoms with Crippen molar-refractivity contribution in [3.05, 3.63) is 72.6 Å². The van der Waals surface area contributed by atoms with Gasteiger partial charge in [-0.15, -0.1) is 13.2 Å². The van der Waals surface area contributed by atoms with Crippen LogP contribution in [0.15, 0.2) is 67.0 Å². The highest BCUT2D eigenvalue weighted by molar-refractivity contribution is 5.74. The van der Waals surface area contributed by atoms with Crippen molar-refractivity contribution in [3.8, 4) is 45.4 Å². The molecule has 2 N–H and O–H groups in total. The molecule has 2 aromatic heterocycles. The number of pyridine rings is 1. The third-order valence-corrected chi connectivity index (χ3v) is 5.69. The van der Waals surface area contributed by atoms with E-state index in [0.717, 1.165) is 22.3 Å². The van der Waals surface area contributed by atoms with E-state index in [2.05, 4.69) is 19.7 Å². The van der Waals surface area contributed by atoms with Gasteiger partial charge in [-0.25, -0.2) is 9.97 Å². The van der Waals surface area contributed by atoms with Crippen LogP contribution >= 0.6 is 0 Å². The van der Waals surface area contributed by atoms with E-state index in [-0.39, 0.29) is 17.9 Å². The molecule has 0 saturated heterocycles. The molecule has 0 aliphatic heterocycles. The highest BCUT2D eigenvalue weighted by Crippen LogP contribution is 2.34. The smallest absolute Gasteiger partial charge is 0.481 e. The first-order valence-electron chi connectivity index (χ1n) is 11.3. The van der Waals surface area contributed by atoms with Crippen molar-refractivity contribution in [2.24, 2.45) is 5.41 Å². The highest BCUT2D eigenvalue weighted by Gasteiger charge is 2.32. The van der Waals surface area contributed by atoms with E-state index >= 15 is 0 Å². The Morgan fingerprint density at radius 2 is 1.65 bits per heavy atom. The Morgan fingerprint density at radius 1 is 0.973 bits per heavy atom. The van der Waals surface area contributed by atoms with Gasteiger partial charge in [-0.1, -0.05) is 36.4 Å². The Hall–Kier alpha value is -4.34. The first kappa shape index (κ1) is 25.7. The minimum absolute atomic E-state index is 0.0131.